The normalized spacial score (nSPS) is 12.2. The zero-order chi connectivity index (χ0) is 11.4. The van der Waals surface area contributed by atoms with Crippen LogP contribution in [-0.4, -0.2) is 22.8 Å². The number of pyridine rings is 1. The van der Waals surface area contributed by atoms with Crippen molar-refractivity contribution in [2.45, 2.75) is 6.10 Å². The Bertz CT molecular complexity index is 375. The lowest BCUT2D eigenvalue weighted by atomic mass is 10.2. The maximum atomic E-state index is 10.5. The first-order valence-corrected chi connectivity index (χ1v) is 5.09. The molecule has 1 atom stereocenters. The number of aromatic nitrogens is 1. The van der Waals surface area contributed by atoms with Gasteiger partial charge in [-0.15, -0.1) is 0 Å². The number of halogens is 2. The maximum absolute atomic E-state index is 10.5. The molecular formula is C8H8BrClN2O3. The van der Waals surface area contributed by atoms with Crippen molar-refractivity contribution < 1.29 is 14.6 Å². The number of nitrogens with zero attached hydrogens (tertiary/aromatic N) is 1. The average molecular weight is 296 g/mol. The van der Waals surface area contributed by atoms with E-state index in [-0.39, 0.29) is 0 Å². The molecule has 0 aliphatic heterocycles. The molecule has 0 saturated heterocycles. The van der Waals surface area contributed by atoms with E-state index in [1.54, 1.807) is 6.07 Å². The van der Waals surface area contributed by atoms with Gasteiger partial charge in [-0.3, -0.25) is 4.98 Å². The number of amides is 1. The number of primary amides is 1. The Morgan fingerprint density at radius 3 is 2.93 bits per heavy atom. The van der Waals surface area contributed by atoms with E-state index in [4.69, 9.17) is 22.4 Å². The predicted molar refractivity (Wildman–Crippen MR) is 57.4 cm³/mol. The molecule has 5 nitrogen and oxygen atoms in total. The van der Waals surface area contributed by atoms with Crippen LogP contribution in [0.1, 0.15) is 11.8 Å². The Kier molecular flexibility index (Phi) is 4.31. The summed E-state index contributed by atoms with van der Waals surface area (Å²) in [5, 5.41) is 9.39. The van der Waals surface area contributed by atoms with E-state index in [0.29, 0.717) is 15.2 Å². The summed E-state index contributed by atoms with van der Waals surface area (Å²) in [4.78, 5) is 14.4. The monoisotopic (exact) mass is 294 g/mol. The topological polar surface area (TPSA) is 85.4 Å². The number of nitrogens with two attached hydrogens (primary N) is 1. The summed E-state index contributed by atoms with van der Waals surface area (Å²) >= 11 is 8.91. The molecule has 0 aromatic carbocycles. The maximum Gasteiger partial charge on any atom is 0.405 e. The van der Waals surface area contributed by atoms with E-state index >= 15 is 0 Å². The van der Waals surface area contributed by atoms with Crippen LogP contribution in [0.25, 0.3) is 0 Å². The Morgan fingerprint density at radius 1 is 1.80 bits per heavy atom. The lowest BCUT2D eigenvalue weighted by Crippen LogP contribution is -2.20. The minimum Gasteiger partial charge on any atom is -0.437 e. The third-order valence-corrected chi connectivity index (χ3v) is 2.77. The standard InChI is InChI=1S/C8H8BrClN2O3/c9-4-1-6(12-2-5(4)10)7(3-13)15-8(11)14/h1-2,7,13H,3H2,(H2,11,14). The van der Waals surface area contributed by atoms with Crippen molar-refractivity contribution in [2.24, 2.45) is 5.73 Å². The summed E-state index contributed by atoms with van der Waals surface area (Å²) < 4.78 is 5.24. The average Bonchev–Trinajstić information content (AvgIpc) is 2.18. The van der Waals surface area contributed by atoms with E-state index in [1.165, 1.54) is 6.20 Å². The van der Waals surface area contributed by atoms with Gasteiger partial charge in [-0.1, -0.05) is 11.6 Å². The quantitative estimate of drug-likeness (QED) is 0.887. The smallest absolute Gasteiger partial charge is 0.405 e. The highest BCUT2D eigenvalue weighted by Gasteiger charge is 2.16. The lowest BCUT2D eigenvalue weighted by Gasteiger charge is -2.13. The van der Waals surface area contributed by atoms with Gasteiger partial charge < -0.3 is 15.6 Å². The first kappa shape index (κ1) is 12.2. The van der Waals surface area contributed by atoms with Crippen LogP contribution in [0.5, 0.6) is 0 Å². The van der Waals surface area contributed by atoms with Gasteiger partial charge in [0, 0.05) is 10.7 Å². The lowest BCUT2D eigenvalue weighted by molar-refractivity contribution is 0.0608. The summed E-state index contributed by atoms with van der Waals surface area (Å²) in [5.74, 6) is 0. The minimum absolute atomic E-state index is 0.368. The molecule has 1 rings (SSSR count). The number of ether oxygens (including phenoxy) is 1. The third-order valence-electron chi connectivity index (χ3n) is 1.58. The van der Waals surface area contributed by atoms with Crippen molar-refractivity contribution in [1.29, 1.82) is 0 Å². The van der Waals surface area contributed by atoms with Crippen LogP contribution < -0.4 is 5.73 Å². The molecule has 0 aliphatic rings. The fourth-order valence-electron chi connectivity index (χ4n) is 0.936. The van der Waals surface area contributed by atoms with Gasteiger partial charge >= 0.3 is 6.09 Å². The van der Waals surface area contributed by atoms with Crippen LogP contribution in [0.3, 0.4) is 0 Å². The molecule has 0 aliphatic carbocycles. The van der Waals surface area contributed by atoms with E-state index in [1.807, 2.05) is 0 Å². The van der Waals surface area contributed by atoms with Crippen LogP contribution in [0, 0.1) is 0 Å². The second-order valence-corrected chi connectivity index (χ2v) is 3.89. The van der Waals surface area contributed by atoms with Gasteiger partial charge in [0.05, 0.1) is 17.3 Å². The van der Waals surface area contributed by atoms with Crippen LogP contribution >= 0.6 is 27.5 Å². The van der Waals surface area contributed by atoms with Crippen LogP contribution in [0.2, 0.25) is 5.02 Å². The molecule has 1 amide bonds. The van der Waals surface area contributed by atoms with Gasteiger partial charge in [0.15, 0.2) is 6.10 Å². The van der Waals surface area contributed by atoms with Gasteiger partial charge in [0.2, 0.25) is 0 Å². The summed E-state index contributed by atoms with van der Waals surface area (Å²) in [5.41, 5.74) is 5.20. The van der Waals surface area contributed by atoms with Crippen molar-refractivity contribution in [3.05, 3.63) is 27.5 Å². The van der Waals surface area contributed by atoms with Crippen LogP contribution in [0.15, 0.2) is 16.7 Å². The highest BCUT2D eigenvalue weighted by atomic mass is 79.9. The molecule has 1 aromatic rings. The molecule has 1 heterocycles. The minimum atomic E-state index is -0.970. The number of hydrogen-bond acceptors (Lipinski definition) is 4. The molecule has 1 unspecified atom stereocenters. The first-order valence-electron chi connectivity index (χ1n) is 3.92. The summed E-state index contributed by atoms with van der Waals surface area (Å²) in [6.45, 7) is -0.399. The van der Waals surface area contributed by atoms with Crippen molar-refractivity contribution in [1.82, 2.24) is 4.98 Å². The van der Waals surface area contributed by atoms with Gasteiger partial charge in [0.1, 0.15) is 0 Å². The van der Waals surface area contributed by atoms with E-state index in [0.717, 1.165) is 0 Å². The predicted octanol–water partition coefficient (Wildman–Crippen LogP) is 1.63. The molecule has 82 valence electrons. The Labute approximate surface area is 99.3 Å². The highest BCUT2D eigenvalue weighted by Crippen LogP contribution is 2.25. The number of rotatable bonds is 3. The van der Waals surface area contributed by atoms with Crippen molar-refractivity contribution in [3.63, 3.8) is 0 Å². The fraction of sp³-hybridized carbons (Fsp3) is 0.250. The summed E-state index contributed by atoms with van der Waals surface area (Å²) in [6, 6.07) is 1.55. The highest BCUT2D eigenvalue weighted by molar-refractivity contribution is 9.10. The van der Waals surface area contributed by atoms with Gasteiger partial charge in [-0.25, -0.2) is 4.79 Å². The fourth-order valence-corrected chi connectivity index (χ4v) is 1.38. The molecule has 0 bridgehead atoms. The molecule has 0 radical (unpaired) electrons. The SMILES string of the molecule is NC(=O)OC(CO)c1cc(Br)c(Cl)cn1. The van der Waals surface area contributed by atoms with Crippen molar-refractivity contribution >= 4 is 33.6 Å². The van der Waals surface area contributed by atoms with E-state index < -0.39 is 18.8 Å². The van der Waals surface area contributed by atoms with Crippen LogP contribution in [-0.2, 0) is 4.74 Å². The zero-order valence-corrected chi connectivity index (χ0v) is 9.83. The molecule has 0 fully saturated rings. The first-order chi connectivity index (χ1) is 7.04. The molecule has 0 spiro atoms. The number of aliphatic hydroxyl groups is 1. The van der Waals surface area contributed by atoms with Gasteiger partial charge in [-0.2, -0.15) is 0 Å². The third kappa shape index (κ3) is 3.33. The van der Waals surface area contributed by atoms with Crippen molar-refractivity contribution in [3.8, 4) is 0 Å². The Morgan fingerprint density at radius 2 is 2.47 bits per heavy atom. The summed E-state index contributed by atoms with van der Waals surface area (Å²) in [7, 11) is 0. The number of hydrogen-bond donors (Lipinski definition) is 2. The van der Waals surface area contributed by atoms with E-state index in [9.17, 15) is 4.79 Å². The Balaban J connectivity index is 2.92. The van der Waals surface area contributed by atoms with E-state index in [2.05, 4.69) is 25.7 Å². The van der Waals surface area contributed by atoms with Crippen molar-refractivity contribution in [2.75, 3.05) is 6.61 Å². The second-order valence-electron chi connectivity index (χ2n) is 2.63. The Hall–Kier alpha value is -0.850. The number of aliphatic hydroxyl groups excluding tert-OH is 1. The van der Waals surface area contributed by atoms with Gasteiger partial charge in [-0.05, 0) is 22.0 Å². The number of carbonyl (C=O) groups is 1. The molecule has 3 N–H and O–H groups in total. The number of carbonyl (C=O) groups excluding carboxylic acids is 1. The molecule has 7 heteroatoms. The van der Waals surface area contributed by atoms with Crippen LogP contribution in [0.4, 0.5) is 4.79 Å². The largest absolute Gasteiger partial charge is 0.437 e. The second kappa shape index (κ2) is 5.29. The molecular weight excluding hydrogens is 287 g/mol. The molecule has 1 aromatic heterocycles. The molecule has 15 heavy (non-hydrogen) atoms. The summed E-state index contributed by atoms with van der Waals surface area (Å²) in [6.07, 6.45) is -0.466. The molecule has 0 saturated carbocycles. The van der Waals surface area contributed by atoms with Gasteiger partial charge in [0.25, 0.3) is 0 Å². The zero-order valence-electron chi connectivity index (χ0n) is 7.48.